The van der Waals surface area contributed by atoms with E-state index >= 15 is 0 Å². The lowest BCUT2D eigenvalue weighted by atomic mass is 10.1. The van der Waals surface area contributed by atoms with Gasteiger partial charge in [-0.05, 0) is 24.3 Å². The third-order valence-corrected chi connectivity index (χ3v) is 4.87. The Balaban J connectivity index is 1.60. The summed E-state index contributed by atoms with van der Waals surface area (Å²) < 4.78 is 40.2. The molecule has 1 aliphatic rings. The van der Waals surface area contributed by atoms with Gasteiger partial charge in [-0.2, -0.15) is 8.78 Å². The molecule has 0 atom stereocenters. The Bertz CT molecular complexity index is 839. The van der Waals surface area contributed by atoms with Crippen LogP contribution in [0, 0.1) is 0 Å². The van der Waals surface area contributed by atoms with Gasteiger partial charge in [0.15, 0.2) is 11.5 Å². The largest absolute Gasteiger partial charge is 0.493 e. The molecule has 1 heterocycles. The number of benzene rings is 2. The number of carbonyl (C=O) groups is 1. The van der Waals surface area contributed by atoms with Gasteiger partial charge >= 0.3 is 6.61 Å². The first-order valence-corrected chi connectivity index (χ1v) is 9.28. The lowest BCUT2D eigenvalue weighted by Crippen LogP contribution is -2.48. The first-order chi connectivity index (χ1) is 14.0. The molecule has 0 spiro atoms. The van der Waals surface area contributed by atoms with Gasteiger partial charge in [0.2, 0.25) is 0 Å². The number of amides is 1. The Labute approximate surface area is 168 Å². The number of hydrogen-bond donors (Lipinski definition) is 0. The predicted octanol–water partition coefficient (Wildman–Crippen LogP) is 3.26. The summed E-state index contributed by atoms with van der Waals surface area (Å²) in [5.74, 6) is 1.18. The van der Waals surface area contributed by atoms with E-state index in [1.165, 1.54) is 7.11 Å². The van der Waals surface area contributed by atoms with Gasteiger partial charge in [-0.1, -0.05) is 18.2 Å². The number of carbonyl (C=O) groups excluding carboxylic acids is 1. The highest BCUT2D eigenvalue weighted by Gasteiger charge is 2.24. The highest BCUT2D eigenvalue weighted by atomic mass is 19.3. The van der Waals surface area contributed by atoms with Crippen LogP contribution in [-0.4, -0.2) is 62.7 Å². The summed E-state index contributed by atoms with van der Waals surface area (Å²) in [6, 6.07) is 11.9. The van der Waals surface area contributed by atoms with Crippen molar-refractivity contribution in [2.45, 2.75) is 13.2 Å². The lowest BCUT2D eigenvalue weighted by Gasteiger charge is -2.35. The molecule has 0 saturated carbocycles. The Morgan fingerprint density at radius 1 is 0.966 bits per heavy atom. The fraction of sp³-hybridized carbons (Fsp3) is 0.381. The van der Waals surface area contributed by atoms with Crippen molar-refractivity contribution in [2.75, 3.05) is 40.4 Å². The zero-order valence-electron chi connectivity index (χ0n) is 16.4. The van der Waals surface area contributed by atoms with E-state index in [4.69, 9.17) is 9.47 Å². The number of alkyl halides is 2. The molecule has 1 saturated heterocycles. The van der Waals surface area contributed by atoms with Crippen LogP contribution >= 0.6 is 0 Å². The minimum absolute atomic E-state index is 0.0768. The van der Waals surface area contributed by atoms with Gasteiger partial charge in [0.25, 0.3) is 5.91 Å². The van der Waals surface area contributed by atoms with E-state index in [0.29, 0.717) is 55.3 Å². The van der Waals surface area contributed by atoms with Crippen LogP contribution in [0.4, 0.5) is 8.78 Å². The van der Waals surface area contributed by atoms with Crippen LogP contribution in [0.3, 0.4) is 0 Å². The number of nitrogens with zero attached hydrogens (tertiary/aromatic N) is 2. The molecule has 2 aromatic rings. The lowest BCUT2D eigenvalue weighted by molar-refractivity contribution is -0.0508. The molecule has 1 amide bonds. The van der Waals surface area contributed by atoms with Gasteiger partial charge in [0, 0.05) is 43.9 Å². The van der Waals surface area contributed by atoms with Crippen LogP contribution in [0.2, 0.25) is 0 Å². The quantitative estimate of drug-likeness (QED) is 0.707. The van der Waals surface area contributed by atoms with Gasteiger partial charge < -0.3 is 19.1 Å². The third kappa shape index (κ3) is 5.14. The number of hydrogen-bond acceptors (Lipinski definition) is 5. The SMILES string of the molecule is COc1ccc(C(=O)N2CCN(Cc3ccccc3OC(F)F)CC2)cc1OC. The molecule has 0 N–H and O–H groups in total. The average molecular weight is 406 g/mol. The number of rotatable bonds is 7. The second kappa shape index (κ2) is 9.56. The smallest absolute Gasteiger partial charge is 0.387 e. The summed E-state index contributed by atoms with van der Waals surface area (Å²) in [7, 11) is 3.07. The van der Waals surface area contributed by atoms with Gasteiger partial charge in [-0.25, -0.2) is 0 Å². The summed E-state index contributed by atoms with van der Waals surface area (Å²) in [5, 5.41) is 0. The summed E-state index contributed by atoms with van der Waals surface area (Å²) in [5.41, 5.74) is 1.24. The molecule has 3 rings (SSSR count). The van der Waals surface area contributed by atoms with Crippen LogP contribution < -0.4 is 14.2 Å². The molecule has 0 radical (unpaired) electrons. The summed E-state index contributed by atoms with van der Waals surface area (Å²) in [6.07, 6.45) is 0. The van der Waals surface area contributed by atoms with Gasteiger partial charge in [0.05, 0.1) is 14.2 Å². The Kier molecular flexibility index (Phi) is 6.87. The van der Waals surface area contributed by atoms with Gasteiger partial charge in [-0.15, -0.1) is 0 Å². The molecule has 156 valence electrons. The van der Waals surface area contributed by atoms with Gasteiger partial charge in [-0.3, -0.25) is 9.69 Å². The zero-order valence-corrected chi connectivity index (χ0v) is 16.4. The summed E-state index contributed by atoms with van der Waals surface area (Å²) >= 11 is 0. The van der Waals surface area contributed by atoms with Gasteiger partial charge in [0.1, 0.15) is 5.75 Å². The predicted molar refractivity (Wildman–Crippen MR) is 104 cm³/mol. The van der Waals surface area contributed by atoms with Crippen molar-refractivity contribution in [2.24, 2.45) is 0 Å². The maximum absolute atomic E-state index is 12.8. The van der Waals surface area contributed by atoms with Crippen molar-refractivity contribution in [3.8, 4) is 17.2 Å². The van der Waals surface area contributed by atoms with Crippen molar-refractivity contribution >= 4 is 5.91 Å². The fourth-order valence-electron chi connectivity index (χ4n) is 3.35. The number of halogens is 2. The van der Waals surface area contributed by atoms with Crippen molar-refractivity contribution in [1.82, 2.24) is 9.80 Å². The molecule has 29 heavy (non-hydrogen) atoms. The topological polar surface area (TPSA) is 51.2 Å². The van der Waals surface area contributed by atoms with E-state index in [1.54, 1.807) is 54.5 Å². The first kappa shape index (κ1) is 20.9. The van der Waals surface area contributed by atoms with Crippen LogP contribution in [0.25, 0.3) is 0 Å². The monoisotopic (exact) mass is 406 g/mol. The van der Waals surface area contributed by atoms with Crippen molar-refractivity contribution in [3.05, 3.63) is 53.6 Å². The van der Waals surface area contributed by atoms with E-state index in [1.807, 2.05) is 0 Å². The molecule has 0 bridgehead atoms. The van der Waals surface area contributed by atoms with E-state index < -0.39 is 6.61 Å². The molecule has 8 heteroatoms. The van der Waals surface area contributed by atoms with Crippen molar-refractivity contribution < 1.29 is 27.8 Å². The van der Waals surface area contributed by atoms with Crippen LogP contribution in [0.15, 0.2) is 42.5 Å². The van der Waals surface area contributed by atoms with E-state index in [9.17, 15) is 13.6 Å². The number of para-hydroxylation sites is 1. The van der Waals surface area contributed by atoms with E-state index in [2.05, 4.69) is 9.64 Å². The second-order valence-corrected chi connectivity index (χ2v) is 6.62. The molecule has 2 aromatic carbocycles. The normalized spacial score (nSPS) is 14.7. The second-order valence-electron chi connectivity index (χ2n) is 6.62. The maximum atomic E-state index is 12.8. The maximum Gasteiger partial charge on any atom is 0.387 e. The molecule has 0 aliphatic carbocycles. The first-order valence-electron chi connectivity index (χ1n) is 9.28. The Morgan fingerprint density at radius 3 is 2.31 bits per heavy atom. The zero-order chi connectivity index (χ0) is 20.8. The Hall–Kier alpha value is -2.87. The third-order valence-electron chi connectivity index (χ3n) is 4.87. The standard InChI is InChI=1S/C21H24F2N2O4/c1-27-18-8-7-15(13-19(18)28-2)20(26)25-11-9-24(10-12-25)14-16-5-3-4-6-17(16)29-21(22)23/h3-8,13,21H,9-12,14H2,1-2H3. The van der Waals surface area contributed by atoms with Crippen LogP contribution in [0.5, 0.6) is 17.2 Å². The fourth-order valence-corrected chi connectivity index (χ4v) is 3.35. The summed E-state index contributed by atoms with van der Waals surface area (Å²) in [4.78, 5) is 16.7. The van der Waals surface area contributed by atoms with Crippen LogP contribution in [0.1, 0.15) is 15.9 Å². The molecule has 0 aromatic heterocycles. The molecule has 1 fully saturated rings. The summed E-state index contributed by atoms with van der Waals surface area (Å²) in [6.45, 7) is 0.00803. The highest BCUT2D eigenvalue weighted by molar-refractivity contribution is 5.95. The highest BCUT2D eigenvalue weighted by Crippen LogP contribution is 2.28. The minimum atomic E-state index is -2.85. The Morgan fingerprint density at radius 2 is 1.66 bits per heavy atom. The minimum Gasteiger partial charge on any atom is -0.493 e. The van der Waals surface area contributed by atoms with Crippen molar-refractivity contribution in [3.63, 3.8) is 0 Å². The van der Waals surface area contributed by atoms with Crippen molar-refractivity contribution in [1.29, 1.82) is 0 Å². The number of methoxy groups -OCH3 is 2. The molecular formula is C21H24F2N2O4. The molecular weight excluding hydrogens is 382 g/mol. The van der Waals surface area contributed by atoms with E-state index in [0.717, 1.165) is 0 Å². The number of ether oxygens (including phenoxy) is 3. The molecule has 0 unspecified atom stereocenters. The average Bonchev–Trinajstić information content (AvgIpc) is 2.74. The van der Waals surface area contributed by atoms with E-state index in [-0.39, 0.29) is 11.7 Å². The van der Waals surface area contributed by atoms with Crippen LogP contribution in [-0.2, 0) is 6.54 Å². The molecule has 1 aliphatic heterocycles. The number of piperazine rings is 1. The molecule has 6 nitrogen and oxygen atoms in total.